The number of benzene rings is 2. The van der Waals surface area contributed by atoms with E-state index in [1.54, 1.807) is 31.4 Å². The monoisotopic (exact) mass is 382 g/mol. The fourth-order valence-corrected chi connectivity index (χ4v) is 3.31. The van der Waals surface area contributed by atoms with Crippen LogP contribution in [0.3, 0.4) is 0 Å². The highest BCUT2D eigenvalue weighted by molar-refractivity contribution is 7.14. The van der Waals surface area contributed by atoms with Gasteiger partial charge < -0.3 is 9.47 Å². The van der Waals surface area contributed by atoms with Crippen LogP contribution in [-0.4, -0.2) is 24.6 Å². The molecule has 27 heavy (non-hydrogen) atoms. The van der Waals surface area contributed by atoms with Crippen molar-refractivity contribution in [2.45, 2.75) is 19.8 Å². The van der Waals surface area contributed by atoms with Crippen LogP contribution < -0.4 is 14.8 Å². The summed E-state index contributed by atoms with van der Waals surface area (Å²) in [7, 11) is 1.60. The molecule has 0 aliphatic heterocycles. The van der Waals surface area contributed by atoms with Crippen molar-refractivity contribution in [2.75, 3.05) is 19.0 Å². The molecule has 0 saturated heterocycles. The lowest BCUT2D eigenvalue weighted by Gasteiger charge is -2.06. The lowest BCUT2D eigenvalue weighted by molar-refractivity contribution is -0.118. The van der Waals surface area contributed by atoms with Crippen molar-refractivity contribution in [3.63, 3.8) is 0 Å². The Morgan fingerprint density at radius 3 is 2.44 bits per heavy atom. The quantitative estimate of drug-likeness (QED) is 0.609. The summed E-state index contributed by atoms with van der Waals surface area (Å²) in [5, 5.41) is 5.28. The Bertz CT molecular complexity index is 873. The van der Waals surface area contributed by atoms with Crippen LogP contribution in [0, 0.1) is 0 Å². The third kappa shape index (κ3) is 5.31. The largest absolute Gasteiger partial charge is 0.497 e. The molecule has 0 unspecified atom stereocenters. The molecular formula is C21H22N2O3S. The predicted octanol–water partition coefficient (Wildman–Crippen LogP) is 4.79. The molecule has 3 aromatic rings. The predicted molar refractivity (Wildman–Crippen MR) is 109 cm³/mol. The number of carbonyl (C=O) groups excluding carboxylic acids is 1. The van der Waals surface area contributed by atoms with Gasteiger partial charge in [0, 0.05) is 10.9 Å². The van der Waals surface area contributed by atoms with Crippen molar-refractivity contribution in [2.24, 2.45) is 0 Å². The van der Waals surface area contributed by atoms with E-state index < -0.39 is 0 Å². The summed E-state index contributed by atoms with van der Waals surface area (Å²) in [4.78, 5) is 16.6. The first-order valence-corrected chi connectivity index (χ1v) is 9.67. The first-order chi connectivity index (χ1) is 13.2. The van der Waals surface area contributed by atoms with E-state index >= 15 is 0 Å². The number of nitrogens with one attached hydrogen (secondary N) is 1. The number of hydrogen-bond acceptors (Lipinski definition) is 5. The van der Waals surface area contributed by atoms with E-state index in [4.69, 9.17) is 9.47 Å². The Labute approximate surface area is 163 Å². The van der Waals surface area contributed by atoms with Crippen molar-refractivity contribution in [3.05, 3.63) is 59.5 Å². The molecule has 0 aliphatic rings. The van der Waals surface area contributed by atoms with Gasteiger partial charge in [0.1, 0.15) is 11.5 Å². The average Bonchev–Trinajstić information content (AvgIpc) is 3.16. The third-order valence-corrected chi connectivity index (χ3v) is 4.73. The summed E-state index contributed by atoms with van der Waals surface area (Å²) < 4.78 is 10.6. The molecule has 5 nitrogen and oxygen atoms in total. The second-order valence-electron chi connectivity index (χ2n) is 6.00. The lowest BCUT2D eigenvalue weighted by atomic mass is 10.1. The first-order valence-electron chi connectivity index (χ1n) is 8.79. The standard InChI is InChI=1S/C21H22N2O3S/c1-3-4-15-5-7-16(8-6-15)19-14-27-21(22-19)23-20(24)13-26-18-11-9-17(25-2)10-12-18/h5-12,14H,3-4,13H2,1-2H3,(H,22,23,24). The molecule has 0 spiro atoms. The van der Waals surface area contributed by atoms with E-state index in [1.165, 1.54) is 16.9 Å². The number of anilines is 1. The van der Waals surface area contributed by atoms with Gasteiger partial charge in [-0.2, -0.15) is 0 Å². The highest BCUT2D eigenvalue weighted by atomic mass is 32.1. The summed E-state index contributed by atoms with van der Waals surface area (Å²) >= 11 is 1.40. The first kappa shape index (κ1) is 18.9. The van der Waals surface area contributed by atoms with Crippen molar-refractivity contribution in [3.8, 4) is 22.8 Å². The third-order valence-electron chi connectivity index (χ3n) is 3.97. The Hall–Kier alpha value is -2.86. The molecule has 6 heteroatoms. The van der Waals surface area contributed by atoms with Crippen LogP contribution in [0.5, 0.6) is 11.5 Å². The molecule has 0 radical (unpaired) electrons. The second kappa shape index (κ2) is 9.19. The van der Waals surface area contributed by atoms with E-state index in [9.17, 15) is 4.79 Å². The Morgan fingerprint density at radius 1 is 1.07 bits per heavy atom. The van der Waals surface area contributed by atoms with Crippen LogP contribution in [0.4, 0.5) is 5.13 Å². The maximum atomic E-state index is 12.1. The number of nitrogens with zero attached hydrogens (tertiary/aromatic N) is 1. The molecule has 1 heterocycles. The summed E-state index contributed by atoms with van der Waals surface area (Å²) in [6.07, 6.45) is 2.21. The summed E-state index contributed by atoms with van der Waals surface area (Å²) in [6.45, 7) is 2.09. The number of ether oxygens (including phenoxy) is 2. The maximum absolute atomic E-state index is 12.1. The van der Waals surface area contributed by atoms with Gasteiger partial charge in [-0.1, -0.05) is 37.6 Å². The highest BCUT2D eigenvalue weighted by Crippen LogP contribution is 2.25. The maximum Gasteiger partial charge on any atom is 0.264 e. The topological polar surface area (TPSA) is 60.5 Å². The van der Waals surface area contributed by atoms with Gasteiger partial charge in [0.2, 0.25) is 0 Å². The van der Waals surface area contributed by atoms with Crippen LogP contribution in [0.25, 0.3) is 11.3 Å². The molecule has 0 bridgehead atoms. The minimum absolute atomic E-state index is 0.0764. The van der Waals surface area contributed by atoms with Crippen molar-refractivity contribution in [1.29, 1.82) is 0 Å². The van der Waals surface area contributed by atoms with Gasteiger partial charge in [-0.15, -0.1) is 11.3 Å². The van der Waals surface area contributed by atoms with Gasteiger partial charge in [0.05, 0.1) is 12.8 Å². The Morgan fingerprint density at radius 2 is 1.78 bits per heavy atom. The van der Waals surface area contributed by atoms with E-state index in [1.807, 2.05) is 5.38 Å². The van der Waals surface area contributed by atoms with Gasteiger partial charge in [0.15, 0.2) is 11.7 Å². The molecule has 0 saturated carbocycles. The van der Waals surface area contributed by atoms with Crippen molar-refractivity contribution in [1.82, 2.24) is 4.98 Å². The zero-order valence-electron chi connectivity index (χ0n) is 15.4. The minimum atomic E-state index is -0.245. The van der Waals surface area contributed by atoms with Crippen LogP contribution in [0.2, 0.25) is 0 Å². The number of rotatable bonds is 8. The van der Waals surface area contributed by atoms with E-state index in [0.29, 0.717) is 10.9 Å². The molecule has 3 rings (SSSR count). The minimum Gasteiger partial charge on any atom is -0.497 e. The van der Waals surface area contributed by atoms with E-state index in [0.717, 1.165) is 29.8 Å². The van der Waals surface area contributed by atoms with Crippen LogP contribution in [0.1, 0.15) is 18.9 Å². The zero-order valence-corrected chi connectivity index (χ0v) is 16.2. The van der Waals surface area contributed by atoms with Gasteiger partial charge in [0.25, 0.3) is 5.91 Å². The number of amides is 1. The highest BCUT2D eigenvalue weighted by Gasteiger charge is 2.09. The van der Waals surface area contributed by atoms with Gasteiger partial charge in [-0.25, -0.2) is 4.98 Å². The number of hydrogen-bond donors (Lipinski definition) is 1. The van der Waals surface area contributed by atoms with Gasteiger partial charge in [-0.05, 0) is 36.2 Å². The number of methoxy groups -OCH3 is 1. The van der Waals surface area contributed by atoms with E-state index in [2.05, 4.69) is 41.5 Å². The van der Waals surface area contributed by atoms with Crippen molar-refractivity contribution < 1.29 is 14.3 Å². The molecule has 0 fully saturated rings. The SMILES string of the molecule is CCCc1ccc(-c2csc(NC(=O)COc3ccc(OC)cc3)n2)cc1. The molecule has 0 aliphatic carbocycles. The number of thiazole rings is 1. The van der Waals surface area contributed by atoms with E-state index in [-0.39, 0.29) is 12.5 Å². The molecule has 1 aromatic heterocycles. The smallest absolute Gasteiger partial charge is 0.264 e. The lowest BCUT2D eigenvalue weighted by Crippen LogP contribution is -2.20. The number of carbonyl (C=O) groups is 1. The number of aryl methyl sites for hydroxylation is 1. The van der Waals surface area contributed by atoms with Crippen LogP contribution >= 0.6 is 11.3 Å². The fourth-order valence-electron chi connectivity index (χ4n) is 2.57. The zero-order chi connectivity index (χ0) is 19.1. The molecule has 0 atom stereocenters. The summed E-state index contributed by atoms with van der Waals surface area (Å²) in [6, 6.07) is 15.5. The Kier molecular flexibility index (Phi) is 6.44. The van der Waals surface area contributed by atoms with Gasteiger partial charge in [-0.3, -0.25) is 10.1 Å². The average molecular weight is 382 g/mol. The van der Waals surface area contributed by atoms with Crippen LogP contribution in [0.15, 0.2) is 53.9 Å². The van der Waals surface area contributed by atoms with Crippen molar-refractivity contribution >= 4 is 22.4 Å². The molecule has 1 amide bonds. The van der Waals surface area contributed by atoms with Gasteiger partial charge >= 0.3 is 0 Å². The summed E-state index contributed by atoms with van der Waals surface area (Å²) in [5.41, 5.74) is 3.22. The molecule has 1 N–H and O–H groups in total. The molecular weight excluding hydrogens is 360 g/mol. The summed E-state index contributed by atoms with van der Waals surface area (Å²) in [5.74, 6) is 1.10. The number of aromatic nitrogens is 1. The Balaban J connectivity index is 1.54. The second-order valence-corrected chi connectivity index (χ2v) is 6.86. The fraction of sp³-hybridized carbons (Fsp3) is 0.238. The molecule has 2 aromatic carbocycles. The normalized spacial score (nSPS) is 10.4. The van der Waals surface area contributed by atoms with Crippen LogP contribution in [-0.2, 0) is 11.2 Å². The molecule has 140 valence electrons.